The van der Waals surface area contributed by atoms with E-state index in [4.69, 9.17) is 18.3 Å². The van der Waals surface area contributed by atoms with Crippen molar-refractivity contribution in [2.45, 2.75) is 115 Å². The number of amides is 9. The number of ether oxygens (including phenoxy) is 3. The molecule has 0 saturated carbocycles. The molecule has 24 nitrogen and oxygen atoms in total. The quantitative estimate of drug-likeness (QED) is 0.0565. The Hall–Kier alpha value is -9.69. The maximum Gasteiger partial charge on any atom is 0.255 e. The largest absolute Gasteiger partial charge is 0.381 e. The Kier molecular flexibility index (Phi) is 20.3. The van der Waals surface area contributed by atoms with Crippen molar-refractivity contribution in [2.75, 3.05) is 94.9 Å². The second-order valence-electron chi connectivity index (χ2n) is 25.8. The molecule has 6 aromatic carbocycles. The molecule has 516 valence electrons. The van der Waals surface area contributed by atoms with Crippen LogP contribution in [0.5, 0.6) is 0 Å². The predicted molar refractivity (Wildman–Crippen MR) is 367 cm³/mol. The van der Waals surface area contributed by atoms with Crippen molar-refractivity contribution < 1.29 is 61.5 Å². The molecule has 0 radical (unpaired) electrons. The first-order valence-electron chi connectivity index (χ1n) is 35.5. The van der Waals surface area contributed by atoms with Crippen molar-refractivity contribution in [3.63, 3.8) is 0 Å². The molecule has 1 unspecified atom stereocenters. The van der Waals surface area contributed by atoms with E-state index in [0.29, 0.717) is 36.3 Å². The number of carbonyl (C=O) groups excluding carboxylic acids is 9. The number of nitrogens with one attached hydrogen (secondary N) is 6. The number of carbonyl (C=O) groups is 9. The first-order chi connectivity index (χ1) is 49.3. The average Bonchev–Trinajstić information content (AvgIpc) is 1.57. The highest BCUT2D eigenvalue weighted by molar-refractivity contribution is 6.08. The summed E-state index contributed by atoms with van der Waals surface area (Å²) in [5.74, 6) is -4.51. The van der Waals surface area contributed by atoms with Crippen molar-refractivity contribution in [3.8, 4) is 0 Å². The van der Waals surface area contributed by atoms with Crippen molar-refractivity contribution in [1.29, 1.82) is 0 Å². The Morgan fingerprint density at radius 3 is 0.859 bits per heavy atom. The van der Waals surface area contributed by atoms with Crippen LogP contribution in [0.25, 0.3) is 0 Å². The van der Waals surface area contributed by atoms with E-state index in [9.17, 15) is 43.2 Å². The van der Waals surface area contributed by atoms with E-state index in [1.54, 1.807) is 36.4 Å². The lowest BCUT2D eigenvalue weighted by Gasteiger charge is -2.29. The molecule has 6 aromatic rings. The van der Waals surface area contributed by atoms with Gasteiger partial charge in [-0.15, -0.1) is 0 Å². The molecule has 9 aliphatic rings. The van der Waals surface area contributed by atoms with Crippen LogP contribution >= 0.6 is 0 Å². The summed E-state index contributed by atoms with van der Waals surface area (Å²) >= 11 is 0. The summed E-state index contributed by atoms with van der Waals surface area (Å²) in [5.41, 5.74) is 13.3. The highest BCUT2D eigenvalue weighted by Gasteiger charge is 2.43. The van der Waals surface area contributed by atoms with E-state index < -0.39 is 53.5 Å². The maximum atomic E-state index is 13.1. The van der Waals surface area contributed by atoms with Crippen molar-refractivity contribution >= 4 is 70.2 Å². The highest BCUT2D eigenvalue weighted by Crippen LogP contribution is 2.36. The van der Waals surface area contributed by atoms with Crippen molar-refractivity contribution in [3.05, 3.63) is 194 Å². The van der Waals surface area contributed by atoms with Gasteiger partial charge in [-0.2, -0.15) is 0 Å². The van der Waals surface area contributed by atoms with Gasteiger partial charge in [-0.1, -0.05) is 91.0 Å². The SMILES string of the molecule is [2H]C1(N2Cc3c(NCc4ccc(CN5CCOCC5)cc4)cccc3C2=O)CCC(=O)NC1=O.[2H][C@@]1(N2Cc3c(NCc4ccc(CN5CCOCC5)cc4)cccc3C2=O)CCC(=O)NC1=O.[2H][C@]1(N2Cc3c(NCc4ccc(CN5CCOCC5)cc4)cccc3C2=O)CCC(=O)NC1=O. The number of morpholine rings is 3. The number of imide groups is 3. The lowest BCUT2D eigenvalue weighted by atomic mass is 10.0. The molecule has 0 aliphatic carbocycles. The summed E-state index contributed by atoms with van der Waals surface area (Å²) in [7, 11) is 0. The monoisotopic (exact) mass is 1350 g/mol. The third-order valence-corrected chi connectivity index (χ3v) is 19.2. The second-order valence-corrected chi connectivity index (χ2v) is 25.8. The molecule has 9 amide bonds. The molecule has 3 atom stereocenters. The van der Waals surface area contributed by atoms with Gasteiger partial charge in [0.1, 0.15) is 18.1 Å². The molecule has 9 aliphatic heterocycles. The van der Waals surface area contributed by atoms with Gasteiger partial charge in [0.2, 0.25) is 35.4 Å². The molecule has 99 heavy (non-hydrogen) atoms. The minimum Gasteiger partial charge on any atom is -0.381 e. The van der Waals surface area contributed by atoms with Crippen LogP contribution in [-0.2, 0) is 102 Å². The molecular weight excluding hydrogens is 1260 g/mol. The zero-order chi connectivity index (χ0) is 71.1. The van der Waals surface area contributed by atoms with Crippen LogP contribution < -0.4 is 31.9 Å². The second kappa shape index (κ2) is 31.4. The molecule has 0 spiro atoms. The summed E-state index contributed by atoms with van der Waals surface area (Å²) in [6.07, 6.45) is 0.122. The molecule has 15 rings (SSSR count). The number of benzene rings is 6. The molecule has 0 aromatic heterocycles. The van der Waals surface area contributed by atoms with Gasteiger partial charge in [-0.3, -0.25) is 73.8 Å². The van der Waals surface area contributed by atoms with Crippen LogP contribution in [0.2, 0.25) is 0 Å². The number of anilines is 3. The third kappa shape index (κ3) is 16.4. The first-order valence-corrected chi connectivity index (χ1v) is 34.0. The van der Waals surface area contributed by atoms with Gasteiger partial charge in [0, 0.05) is 168 Å². The van der Waals surface area contributed by atoms with Gasteiger partial charge in [-0.05, 0) is 89.0 Å². The number of hydrogen-bond acceptors (Lipinski definition) is 18. The molecule has 0 bridgehead atoms. The summed E-state index contributed by atoms with van der Waals surface area (Å²) in [6.45, 7) is 15.4. The van der Waals surface area contributed by atoms with E-state index in [1.807, 2.05) is 18.2 Å². The van der Waals surface area contributed by atoms with E-state index in [0.717, 1.165) is 149 Å². The van der Waals surface area contributed by atoms with E-state index >= 15 is 0 Å². The van der Waals surface area contributed by atoms with Gasteiger partial charge in [-0.25, -0.2) is 0 Å². The van der Waals surface area contributed by atoms with Gasteiger partial charge in [0.15, 0.2) is 0 Å². The maximum absolute atomic E-state index is 13.1. The average molecular weight is 1350 g/mol. The Bertz CT molecular complexity index is 3770. The number of piperidine rings is 3. The summed E-state index contributed by atoms with van der Waals surface area (Å²) in [6, 6.07) is 36.4. The van der Waals surface area contributed by atoms with Crippen molar-refractivity contribution in [2.24, 2.45) is 0 Å². The Morgan fingerprint density at radius 1 is 0.354 bits per heavy atom. The van der Waals surface area contributed by atoms with Crippen LogP contribution in [0, 0.1) is 0 Å². The molecule has 6 fully saturated rings. The lowest BCUT2D eigenvalue weighted by Crippen LogP contribution is -2.52. The number of hydrogen-bond donors (Lipinski definition) is 6. The number of rotatable bonds is 18. The van der Waals surface area contributed by atoms with Gasteiger partial charge >= 0.3 is 0 Å². The van der Waals surface area contributed by atoms with Gasteiger partial charge in [0.25, 0.3) is 17.7 Å². The Balaban J connectivity index is 0.000000137. The fourth-order valence-electron chi connectivity index (χ4n) is 13.7. The van der Waals surface area contributed by atoms with Crippen LogP contribution in [0.15, 0.2) is 127 Å². The number of fused-ring (bicyclic) bond motifs is 3. The molecule has 6 saturated heterocycles. The van der Waals surface area contributed by atoms with E-state index in [2.05, 4.69) is 119 Å². The Morgan fingerprint density at radius 2 is 0.606 bits per heavy atom. The molecular formula is C75H84N12O12. The van der Waals surface area contributed by atoms with Crippen LogP contribution in [0.1, 0.15) is 124 Å². The van der Waals surface area contributed by atoms with Gasteiger partial charge < -0.3 is 44.9 Å². The van der Waals surface area contributed by atoms with Crippen LogP contribution in [0.4, 0.5) is 17.1 Å². The minimum absolute atomic E-state index is 0.00302. The van der Waals surface area contributed by atoms with E-state index in [1.165, 1.54) is 31.4 Å². The number of nitrogens with zero attached hydrogens (tertiary/aromatic N) is 6. The smallest absolute Gasteiger partial charge is 0.255 e. The zero-order valence-electron chi connectivity index (χ0n) is 58.3. The molecule has 9 heterocycles. The topological polar surface area (TPSA) is 273 Å². The fraction of sp³-hybridized carbons (Fsp3) is 0.400. The third-order valence-electron chi connectivity index (χ3n) is 19.2. The molecule has 6 N–H and O–H groups in total. The van der Waals surface area contributed by atoms with Crippen molar-refractivity contribution in [1.82, 2.24) is 45.3 Å². The standard InChI is InChI=1S/3C25H28N4O4/c3*30-23-9-8-22(24(31)27-23)29-16-20-19(25(29)32)2-1-3-21(20)26-14-17-4-6-18(7-5-17)15-28-10-12-33-13-11-28/h3*1-7,22,26H,8-16H2,(H,27,30,31)/t2*22-;/m10./s1/i3*22D. The first kappa shape index (κ1) is 64.0. The minimum atomic E-state index is -1.78. The zero-order valence-corrected chi connectivity index (χ0v) is 55.3. The molecule has 24 heteroatoms. The normalized spacial score (nSPS) is 23.8. The lowest BCUT2D eigenvalue weighted by molar-refractivity contribution is -0.138. The van der Waals surface area contributed by atoms with Crippen LogP contribution in [0.3, 0.4) is 0 Å². The highest BCUT2D eigenvalue weighted by atomic mass is 16.5. The summed E-state index contributed by atoms with van der Waals surface area (Å²) in [5, 5.41) is 16.9. The van der Waals surface area contributed by atoms with Gasteiger partial charge in [0.05, 0.1) is 43.8 Å². The predicted octanol–water partition coefficient (Wildman–Crippen LogP) is 5.68. The fourth-order valence-corrected chi connectivity index (χ4v) is 13.7. The Labute approximate surface area is 579 Å². The summed E-state index contributed by atoms with van der Waals surface area (Å²) < 4.78 is 42.2. The van der Waals surface area contributed by atoms with Crippen LogP contribution in [-0.4, -0.2) is 180 Å². The van der Waals surface area contributed by atoms with E-state index in [-0.39, 0.29) is 75.9 Å². The summed E-state index contributed by atoms with van der Waals surface area (Å²) in [4.78, 5) is 122.